The SMILES string of the molecule is Cc1c(Br)ccc(NC(=O)[C@H](Cc2ccccc2)N2C(=O)[C@@H]3[C@H]4CC[C@@H](C4)[C@@H]3C2=O)c1C. The number of carbonyl (C=O) groups excluding carboxylic acids is 3. The molecule has 2 aromatic carbocycles. The molecule has 2 aromatic rings. The Balaban J connectivity index is 1.47. The summed E-state index contributed by atoms with van der Waals surface area (Å²) in [6.07, 6.45) is 3.33. The van der Waals surface area contributed by atoms with E-state index >= 15 is 0 Å². The Labute approximate surface area is 196 Å². The normalized spacial score (nSPS) is 27.0. The summed E-state index contributed by atoms with van der Waals surface area (Å²) in [7, 11) is 0. The number of nitrogens with zero attached hydrogens (tertiary/aromatic N) is 1. The van der Waals surface area contributed by atoms with E-state index in [1.165, 1.54) is 4.90 Å². The quantitative estimate of drug-likeness (QED) is 0.615. The zero-order valence-electron chi connectivity index (χ0n) is 18.3. The number of hydrogen-bond acceptors (Lipinski definition) is 3. The van der Waals surface area contributed by atoms with Crippen LogP contribution in [0.1, 0.15) is 36.0 Å². The van der Waals surface area contributed by atoms with Crippen molar-refractivity contribution >= 4 is 39.3 Å². The minimum atomic E-state index is -0.856. The van der Waals surface area contributed by atoms with Crippen molar-refractivity contribution in [2.24, 2.45) is 23.7 Å². The second kappa shape index (κ2) is 8.14. The van der Waals surface area contributed by atoms with Crippen LogP contribution in [0.3, 0.4) is 0 Å². The van der Waals surface area contributed by atoms with Crippen molar-refractivity contribution in [1.82, 2.24) is 4.90 Å². The van der Waals surface area contributed by atoms with Gasteiger partial charge < -0.3 is 5.32 Å². The largest absolute Gasteiger partial charge is 0.324 e. The first-order chi connectivity index (χ1) is 15.4. The predicted octanol–water partition coefficient (Wildman–Crippen LogP) is 4.65. The van der Waals surface area contributed by atoms with Gasteiger partial charge >= 0.3 is 0 Å². The molecule has 1 heterocycles. The highest BCUT2D eigenvalue weighted by molar-refractivity contribution is 9.10. The number of fused-ring (bicyclic) bond motifs is 5. The number of likely N-dealkylation sites (tertiary alicyclic amines) is 1. The number of carbonyl (C=O) groups is 3. The fourth-order valence-electron chi connectivity index (χ4n) is 6.02. The summed E-state index contributed by atoms with van der Waals surface area (Å²) in [6.45, 7) is 3.94. The molecule has 1 saturated heterocycles. The third-order valence-electron chi connectivity index (χ3n) is 7.83. The molecule has 0 aromatic heterocycles. The van der Waals surface area contributed by atoms with Gasteiger partial charge in [0.1, 0.15) is 6.04 Å². The van der Waals surface area contributed by atoms with Crippen LogP contribution < -0.4 is 5.32 Å². The standard InChI is InChI=1S/C26H27BrN2O3/c1-14-15(2)20(11-10-19(14)27)28-24(30)21(12-16-6-4-3-5-7-16)29-25(31)22-17-8-9-18(13-17)23(22)26(29)32/h3-7,10-11,17-18,21-23H,8-9,12-13H2,1-2H3,(H,28,30)/t17-,18-,21-,22-,23+/m0/s1. The van der Waals surface area contributed by atoms with Crippen LogP contribution >= 0.6 is 15.9 Å². The van der Waals surface area contributed by atoms with Gasteiger partial charge in [-0.2, -0.15) is 0 Å². The summed E-state index contributed by atoms with van der Waals surface area (Å²) in [6, 6.07) is 12.5. The zero-order chi connectivity index (χ0) is 22.6. The molecule has 5 nitrogen and oxygen atoms in total. The Bertz CT molecular complexity index is 1070. The molecule has 32 heavy (non-hydrogen) atoms. The molecular formula is C26H27BrN2O3. The summed E-state index contributed by atoms with van der Waals surface area (Å²) < 4.78 is 0.974. The van der Waals surface area contributed by atoms with E-state index in [-0.39, 0.29) is 29.6 Å². The highest BCUT2D eigenvalue weighted by Crippen LogP contribution is 2.56. The van der Waals surface area contributed by atoms with Crippen LogP contribution in [0, 0.1) is 37.5 Å². The zero-order valence-corrected chi connectivity index (χ0v) is 19.9. The van der Waals surface area contributed by atoms with Gasteiger partial charge in [0, 0.05) is 16.6 Å². The monoisotopic (exact) mass is 494 g/mol. The number of imide groups is 1. The minimum absolute atomic E-state index is 0.146. The van der Waals surface area contributed by atoms with Crippen molar-refractivity contribution in [3.05, 3.63) is 63.6 Å². The van der Waals surface area contributed by atoms with E-state index in [1.54, 1.807) is 0 Å². The Hall–Kier alpha value is -2.47. The molecule has 3 aliphatic rings. The fourth-order valence-corrected chi connectivity index (χ4v) is 6.45. The van der Waals surface area contributed by atoms with Crippen LogP contribution in [0.15, 0.2) is 46.9 Å². The summed E-state index contributed by atoms with van der Waals surface area (Å²) >= 11 is 3.52. The van der Waals surface area contributed by atoms with Crippen LogP contribution in [-0.2, 0) is 20.8 Å². The second-order valence-electron chi connectivity index (χ2n) is 9.47. The highest BCUT2D eigenvalue weighted by atomic mass is 79.9. The number of anilines is 1. The molecule has 2 bridgehead atoms. The van der Waals surface area contributed by atoms with E-state index in [2.05, 4.69) is 21.2 Å². The molecule has 0 spiro atoms. The van der Waals surface area contributed by atoms with Gasteiger partial charge in [0.25, 0.3) is 0 Å². The maximum absolute atomic E-state index is 13.6. The smallest absolute Gasteiger partial charge is 0.248 e. The van der Waals surface area contributed by atoms with Crippen LogP contribution in [0.5, 0.6) is 0 Å². The number of halogens is 1. The third-order valence-corrected chi connectivity index (χ3v) is 8.69. The lowest BCUT2D eigenvalue weighted by atomic mass is 9.81. The topological polar surface area (TPSA) is 66.5 Å². The van der Waals surface area contributed by atoms with Crippen LogP contribution in [-0.4, -0.2) is 28.7 Å². The summed E-state index contributed by atoms with van der Waals surface area (Å²) in [5.41, 5.74) is 3.63. The van der Waals surface area contributed by atoms with Gasteiger partial charge in [0.15, 0.2) is 0 Å². The average molecular weight is 495 g/mol. The molecule has 3 amide bonds. The molecule has 3 fully saturated rings. The molecule has 2 saturated carbocycles. The van der Waals surface area contributed by atoms with Gasteiger partial charge in [0.2, 0.25) is 17.7 Å². The van der Waals surface area contributed by atoms with Crippen molar-refractivity contribution in [1.29, 1.82) is 0 Å². The molecule has 2 aliphatic carbocycles. The van der Waals surface area contributed by atoms with Crippen molar-refractivity contribution in [2.75, 3.05) is 5.32 Å². The summed E-state index contributed by atoms with van der Waals surface area (Å²) in [4.78, 5) is 41.8. The van der Waals surface area contributed by atoms with E-state index in [1.807, 2.05) is 56.3 Å². The van der Waals surface area contributed by atoms with Gasteiger partial charge in [0.05, 0.1) is 11.8 Å². The first kappa shape index (κ1) is 21.4. The summed E-state index contributed by atoms with van der Waals surface area (Å²) in [5, 5.41) is 3.01. The van der Waals surface area contributed by atoms with Gasteiger partial charge in [-0.25, -0.2) is 0 Å². The maximum Gasteiger partial charge on any atom is 0.248 e. The molecule has 6 heteroatoms. The predicted molar refractivity (Wildman–Crippen MR) is 126 cm³/mol. The van der Waals surface area contributed by atoms with Crippen LogP contribution in [0.2, 0.25) is 0 Å². The van der Waals surface area contributed by atoms with Crippen LogP contribution in [0.25, 0.3) is 0 Å². The van der Waals surface area contributed by atoms with Crippen molar-refractivity contribution in [3.63, 3.8) is 0 Å². The third kappa shape index (κ3) is 3.40. The van der Waals surface area contributed by atoms with Gasteiger partial charge in [-0.15, -0.1) is 0 Å². The number of benzene rings is 2. The minimum Gasteiger partial charge on any atom is -0.324 e. The lowest BCUT2D eigenvalue weighted by Crippen LogP contribution is -2.49. The van der Waals surface area contributed by atoms with E-state index in [9.17, 15) is 14.4 Å². The van der Waals surface area contributed by atoms with Crippen LogP contribution in [0.4, 0.5) is 5.69 Å². The Morgan fingerprint density at radius 1 is 1.00 bits per heavy atom. The number of nitrogens with one attached hydrogen (secondary N) is 1. The van der Waals surface area contributed by atoms with Gasteiger partial charge in [-0.05, 0) is 73.8 Å². The first-order valence-electron chi connectivity index (χ1n) is 11.3. The Morgan fingerprint density at radius 3 is 2.25 bits per heavy atom. The van der Waals surface area contributed by atoms with E-state index in [0.29, 0.717) is 23.9 Å². The summed E-state index contributed by atoms with van der Waals surface area (Å²) in [5.74, 6) is -0.480. The molecule has 1 N–H and O–H groups in total. The van der Waals surface area contributed by atoms with Crippen molar-refractivity contribution in [2.45, 2.75) is 45.6 Å². The lowest BCUT2D eigenvalue weighted by molar-refractivity contribution is -0.147. The van der Waals surface area contributed by atoms with Gasteiger partial charge in [-0.3, -0.25) is 19.3 Å². The highest BCUT2D eigenvalue weighted by Gasteiger charge is 2.62. The molecular weight excluding hydrogens is 468 g/mol. The number of rotatable bonds is 5. The number of amides is 3. The lowest BCUT2D eigenvalue weighted by Gasteiger charge is -2.27. The fraction of sp³-hybridized carbons (Fsp3) is 0.423. The molecule has 5 atom stereocenters. The van der Waals surface area contributed by atoms with E-state index < -0.39 is 6.04 Å². The second-order valence-corrected chi connectivity index (χ2v) is 10.3. The van der Waals surface area contributed by atoms with E-state index in [4.69, 9.17) is 0 Å². The molecule has 0 radical (unpaired) electrons. The van der Waals surface area contributed by atoms with Crippen molar-refractivity contribution in [3.8, 4) is 0 Å². The molecule has 5 rings (SSSR count). The average Bonchev–Trinajstić information content (AvgIpc) is 3.47. The first-order valence-corrected chi connectivity index (χ1v) is 12.1. The maximum atomic E-state index is 13.6. The number of hydrogen-bond donors (Lipinski definition) is 1. The Kier molecular flexibility index (Phi) is 5.44. The van der Waals surface area contributed by atoms with Crippen molar-refractivity contribution < 1.29 is 14.4 Å². The molecule has 1 aliphatic heterocycles. The Morgan fingerprint density at radius 2 is 1.62 bits per heavy atom. The van der Waals surface area contributed by atoms with Gasteiger partial charge in [-0.1, -0.05) is 46.3 Å². The molecule has 166 valence electrons. The molecule has 0 unspecified atom stereocenters. The van der Waals surface area contributed by atoms with E-state index in [0.717, 1.165) is 40.4 Å².